The summed E-state index contributed by atoms with van der Waals surface area (Å²) < 4.78 is 0. The molecule has 0 aliphatic heterocycles. The molecule has 0 radical (unpaired) electrons. The Morgan fingerprint density at radius 3 is 2.33 bits per heavy atom. The minimum atomic E-state index is -0.605. The second-order valence-electron chi connectivity index (χ2n) is 8.92. The largest absolute Gasteiger partial charge is 0.354 e. The van der Waals surface area contributed by atoms with Crippen molar-refractivity contribution in [3.05, 3.63) is 106 Å². The van der Waals surface area contributed by atoms with Gasteiger partial charge in [0.25, 0.3) is 0 Å². The van der Waals surface area contributed by atoms with Crippen molar-refractivity contribution in [3.8, 4) is 0 Å². The third-order valence-corrected chi connectivity index (χ3v) is 7.33. The molecule has 0 spiro atoms. The van der Waals surface area contributed by atoms with Gasteiger partial charge >= 0.3 is 0 Å². The zero-order valence-electron chi connectivity index (χ0n) is 21.1. The Labute approximate surface area is 224 Å². The highest BCUT2D eigenvalue weighted by molar-refractivity contribution is 7.99. The standard InChI is InChI=1S/C30H35ClN2O2S/c1-3-4-18-32-30(35)28(19-24-11-6-5-7-12-24)33(20-25-14-16-27(31)17-15-25)29(34)22-36-21-26-13-9-8-10-23(26)2/h5-17,28H,3-4,18-22H2,1-2H3,(H,32,35)/t28-/m1/s1. The van der Waals surface area contributed by atoms with Gasteiger partial charge in [0.2, 0.25) is 11.8 Å². The van der Waals surface area contributed by atoms with Gasteiger partial charge in [0.15, 0.2) is 0 Å². The van der Waals surface area contributed by atoms with Crippen LogP contribution in [0.2, 0.25) is 5.02 Å². The summed E-state index contributed by atoms with van der Waals surface area (Å²) in [6.07, 6.45) is 2.36. The molecule has 2 amide bonds. The van der Waals surface area contributed by atoms with Crippen LogP contribution in [0.15, 0.2) is 78.9 Å². The van der Waals surface area contributed by atoms with E-state index in [-0.39, 0.29) is 11.8 Å². The van der Waals surface area contributed by atoms with E-state index in [9.17, 15) is 9.59 Å². The first-order chi connectivity index (χ1) is 17.5. The normalized spacial score (nSPS) is 11.6. The van der Waals surface area contributed by atoms with Crippen LogP contribution in [0, 0.1) is 6.92 Å². The minimum absolute atomic E-state index is 0.0462. The second kappa shape index (κ2) is 14.7. The first kappa shape index (κ1) is 27.8. The average molecular weight is 523 g/mol. The van der Waals surface area contributed by atoms with Crippen LogP contribution in [0.25, 0.3) is 0 Å². The molecule has 0 aromatic heterocycles. The molecule has 0 saturated heterocycles. The molecule has 1 atom stereocenters. The molecular weight excluding hydrogens is 488 g/mol. The summed E-state index contributed by atoms with van der Waals surface area (Å²) in [5.74, 6) is 0.892. The van der Waals surface area contributed by atoms with Gasteiger partial charge in [-0.15, -0.1) is 11.8 Å². The van der Waals surface area contributed by atoms with Crippen LogP contribution in [0.3, 0.4) is 0 Å². The summed E-state index contributed by atoms with van der Waals surface area (Å²) in [6.45, 7) is 5.13. The fourth-order valence-corrected chi connectivity index (χ4v) is 5.06. The van der Waals surface area contributed by atoms with Crippen LogP contribution in [-0.2, 0) is 28.3 Å². The maximum Gasteiger partial charge on any atom is 0.243 e. The van der Waals surface area contributed by atoms with Gasteiger partial charge in [0.05, 0.1) is 5.75 Å². The third kappa shape index (κ3) is 8.72. The van der Waals surface area contributed by atoms with Gasteiger partial charge < -0.3 is 10.2 Å². The number of aryl methyl sites for hydroxylation is 1. The lowest BCUT2D eigenvalue weighted by Crippen LogP contribution is -2.51. The number of halogens is 1. The van der Waals surface area contributed by atoms with Crippen molar-refractivity contribution < 1.29 is 9.59 Å². The van der Waals surface area contributed by atoms with Crippen LogP contribution in [0.4, 0.5) is 0 Å². The molecule has 0 unspecified atom stereocenters. The molecule has 0 aliphatic rings. The van der Waals surface area contributed by atoms with Crippen molar-refractivity contribution >= 4 is 35.2 Å². The van der Waals surface area contributed by atoms with E-state index in [1.54, 1.807) is 16.7 Å². The topological polar surface area (TPSA) is 49.4 Å². The molecule has 190 valence electrons. The van der Waals surface area contributed by atoms with Gasteiger partial charge in [-0.1, -0.05) is 91.7 Å². The predicted molar refractivity (Wildman–Crippen MR) is 151 cm³/mol. The van der Waals surface area contributed by atoms with Crippen molar-refractivity contribution in [3.63, 3.8) is 0 Å². The van der Waals surface area contributed by atoms with E-state index in [2.05, 4.69) is 31.3 Å². The van der Waals surface area contributed by atoms with Gasteiger partial charge in [-0.2, -0.15) is 0 Å². The van der Waals surface area contributed by atoms with Crippen LogP contribution in [-0.4, -0.2) is 35.1 Å². The van der Waals surface area contributed by atoms with Crippen molar-refractivity contribution in [2.75, 3.05) is 12.3 Å². The zero-order chi connectivity index (χ0) is 25.8. The van der Waals surface area contributed by atoms with Crippen LogP contribution in [0.1, 0.15) is 42.0 Å². The Bertz CT molecular complexity index is 1110. The molecule has 0 bridgehead atoms. The summed E-state index contributed by atoms with van der Waals surface area (Å²) in [4.78, 5) is 28.8. The summed E-state index contributed by atoms with van der Waals surface area (Å²) in [5, 5.41) is 3.71. The Morgan fingerprint density at radius 2 is 1.64 bits per heavy atom. The molecule has 36 heavy (non-hydrogen) atoms. The first-order valence-corrected chi connectivity index (χ1v) is 14.0. The molecule has 4 nitrogen and oxygen atoms in total. The number of hydrogen-bond donors (Lipinski definition) is 1. The summed E-state index contributed by atoms with van der Waals surface area (Å²) in [6, 6.07) is 25.0. The van der Waals surface area contributed by atoms with E-state index in [0.29, 0.717) is 30.3 Å². The molecule has 0 saturated carbocycles. The number of thioether (sulfide) groups is 1. The summed E-state index contributed by atoms with van der Waals surface area (Å²) in [7, 11) is 0. The number of nitrogens with zero attached hydrogens (tertiary/aromatic N) is 1. The predicted octanol–water partition coefficient (Wildman–Crippen LogP) is 6.44. The molecule has 1 N–H and O–H groups in total. The van der Waals surface area contributed by atoms with Crippen molar-refractivity contribution in [1.29, 1.82) is 0 Å². The summed E-state index contributed by atoms with van der Waals surface area (Å²) >= 11 is 7.68. The maximum atomic E-state index is 13.7. The molecule has 3 rings (SSSR count). The van der Waals surface area contributed by atoms with Crippen LogP contribution in [0.5, 0.6) is 0 Å². The Morgan fingerprint density at radius 1 is 0.944 bits per heavy atom. The fraction of sp³-hybridized carbons (Fsp3) is 0.333. The van der Waals surface area contributed by atoms with Crippen molar-refractivity contribution in [2.24, 2.45) is 0 Å². The van der Waals surface area contributed by atoms with Gasteiger partial charge in [0.1, 0.15) is 6.04 Å². The highest BCUT2D eigenvalue weighted by Gasteiger charge is 2.30. The number of carbonyl (C=O) groups is 2. The second-order valence-corrected chi connectivity index (χ2v) is 10.3. The minimum Gasteiger partial charge on any atom is -0.354 e. The third-order valence-electron chi connectivity index (χ3n) is 6.11. The van der Waals surface area contributed by atoms with Gasteiger partial charge in [-0.05, 0) is 47.7 Å². The number of rotatable bonds is 13. The van der Waals surface area contributed by atoms with E-state index in [1.165, 1.54) is 11.1 Å². The van der Waals surface area contributed by atoms with E-state index in [4.69, 9.17) is 11.6 Å². The maximum absolute atomic E-state index is 13.7. The SMILES string of the molecule is CCCCNC(=O)[C@@H](Cc1ccccc1)N(Cc1ccc(Cl)cc1)C(=O)CSCc1ccccc1C. The number of amides is 2. The molecule has 0 fully saturated rings. The molecule has 0 aliphatic carbocycles. The molecule has 6 heteroatoms. The van der Waals surface area contributed by atoms with E-state index in [1.807, 2.05) is 66.7 Å². The lowest BCUT2D eigenvalue weighted by Gasteiger charge is -2.31. The number of nitrogens with one attached hydrogen (secondary N) is 1. The molecule has 3 aromatic carbocycles. The van der Waals surface area contributed by atoms with Gasteiger partial charge in [-0.3, -0.25) is 9.59 Å². The molecule has 0 heterocycles. The van der Waals surface area contributed by atoms with Gasteiger partial charge in [-0.25, -0.2) is 0 Å². The smallest absolute Gasteiger partial charge is 0.243 e. The van der Waals surface area contributed by atoms with Crippen molar-refractivity contribution in [1.82, 2.24) is 10.2 Å². The molecular formula is C30H35ClN2O2S. The number of carbonyl (C=O) groups excluding carboxylic acids is 2. The lowest BCUT2D eigenvalue weighted by atomic mass is 10.0. The lowest BCUT2D eigenvalue weighted by molar-refractivity contribution is -0.139. The quantitative estimate of drug-likeness (QED) is 0.263. The van der Waals surface area contributed by atoms with Crippen LogP contribution >= 0.6 is 23.4 Å². The Hall–Kier alpha value is -2.76. The molecule has 3 aromatic rings. The number of unbranched alkanes of at least 4 members (excludes halogenated alkanes) is 1. The highest BCUT2D eigenvalue weighted by Crippen LogP contribution is 2.20. The average Bonchev–Trinajstić information content (AvgIpc) is 2.89. The first-order valence-electron chi connectivity index (χ1n) is 12.5. The van der Waals surface area contributed by atoms with Crippen molar-refractivity contribution in [2.45, 2.75) is 51.4 Å². The summed E-state index contributed by atoms with van der Waals surface area (Å²) in [5.41, 5.74) is 4.40. The van der Waals surface area contributed by atoms with Crippen LogP contribution < -0.4 is 5.32 Å². The Kier molecular flexibility index (Phi) is 11.4. The number of benzene rings is 3. The number of hydrogen-bond acceptors (Lipinski definition) is 3. The van der Waals surface area contributed by atoms with Gasteiger partial charge in [0, 0.05) is 30.3 Å². The monoisotopic (exact) mass is 522 g/mol. The zero-order valence-corrected chi connectivity index (χ0v) is 22.7. The highest BCUT2D eigenvalue weighted by atomic mass is 35.5. The van der Waals surface area contributed by atoms with E-state index < -0.39 is 6.04 Å². The fourth-order valence-electron chi connectivity index (χ4n) is 3.95. The Balaban J connectivity index is 1.83. The van der Waals surface area contributed by atoms with E-state index in [0.717, 1.165) is 29.7 Å². The van der Waals surface area contributed by atoms with E-state index >= 15 is 0 Å².